The van der Waals surface area contributed by atoms with Crippen molar-refractivity contribution in [3.05, 3.63) is 29.5 Å². The monoisotopic (exact) mass is 261 g/mol. The van der Waals surface area contributed by atoms with Crippen LogP contribution in [-0.4, -0.2) is 21.0 Å². The van der Waals surface area contributed by atoms with Crippen molar-refractivity contribution in [3.8, 4) is 0 Å². The van der Waals surface area contributed by atoms with Gasteiger partial charge in [-0.25, -0.2) is 9.97 Å². The van der Waals surface area contributed by atoms with Gasteiger partial charge in [0.2, 0.25) is 5.88 Å². The lowest BCUT2D eigenvalue weighted by Gasteiger charge is -2.08. The van der Waals surface area contributed by atoms with Gasteiger partial charge in [-0.3, -0.25) is 10.1 Å². The Morgan fingerprint density at radius 3 is 2.79 bits per heavy atom. The van der Waals surface area contributed by atoms with E-state index in [-0.39, 0.29) is 23.2 Å². The molecule has 0 saturated heterocycles. The van der Waals surface area contributed by atoms with Crippen molar-refractivity contribution in [1.29, 1.82) is 0 Å². The SMILES string of the molecule is Cc1cc(NC(=O)c2nc(C(C)C)ncc2N)on1. The van der Waals surface area contributed by atoms with Crippen molar-refractivity contribution in [3.63, 3.8) is 0 Å². The molecule has 2 aromatic rings. The summed E-state index contributed by atoms with van der Waals surface area (Å²) < 4.78 is 4.91. The second-order valence-electron chi connectivity index (χ2n) is 4.47. The van der Waals surface area contributed by atoms with E-state index in [4.69, 9.17) is 10.3 Å². The molecule has 2 heterocycles. The first-order valence-corrected chi connectivity index (χ1v) is 5.84. The lowest BCUT2D eigenvalue weighted by Crippen LogP contribution is -2.17. The maximum absolute atomic E-state index is 12.0. The van der Waals surface area contributed by atoms with Gasteiger partial charge in [-0.1, -0.05) is 19.0 Å². The molecule has 7 nitrogen and oxygen atoms in total. The van der Waals surface area contributed by atoms with E-state index in [0.29, 0.717) is 11.5 Å². The van der Waals surface area contributed by atoms with Gasteiger partial charge in [-0.2, -0.15) is 0 Å². The number of anilines is 2. The molecule has 0 aromatic carbocycles. The third kappa shape index (κ3) is 2.87. The standard InChI is InChI=1S/C12H15N5O2/c1-6(2)11-14-5-8(13)10(16-11)12(18)15-9-4-7(3)17-19-9/h4-6H,13H2,1-3H3,(H,15,18). The van der Waals surface area contributed by atoms with E-state index in [1.807, 2.05) is 13.8 Å². The zero-order valence-electron chi connectivity index (χ0n) is 11.0. The third-order valence-electron chi connectivity index (χ3n) is 2.43. The first kappa shape index (κ1) is 13.0. The number of aromatic nitrogens is 3. The summed E-state index contributed by atoms with van der Waals surface area (Å²) in [5, 5.41) is 6.23. The maximum atomic E-state index is 12.0. The second kappa shape index (κ2) is 5.05. The van der Waals surface area contributed by atoms with Crippen LogP contribution in [0.5, 0.6) is 0 Å². The summed E-state index contributed by atoms with van der Waals surface area (Å²) in [7, 11) is 0. The van der Waals surface area contributed by atoms with Crippen LogP contribution in [0.4, 0.5) is 11.6 Å². The van der Waals surface area contributed by atoms with Crippen LogP contribution in [-0.2, 0) is 0 Å². The van der Waals surface area contributed by atoms with Gasteiger partial charge in [0, 0.05) is 12.0 Å². The quantitative estimate of drug-likeness (QED) is 0.871. The van der Waals surface area contributed by atoms with Gasteiger partial charge in [0.25, 0.3) is 5.91 Å². The van der Waals surface area contributed by atoms with E-state index >= 15 is 0 Å². The summed E-state index contributed by atoms with van der Waals surface area (Å²) in [6.45, 7) is 5.63. The van der Waals surface area contributed by atoms with Crippen LogP contribution in [0.15, 0.2) is 16.8 Å². The molecule has 0 aliphatic heterocycles. The highest BCUT2D eigenvalue weighted by Gasteiger charge is 2.16. The number of hydrogen-bond acceptors (Lipinski definition) is 6. The summed E-state index contributed by atoms with van der Waals surface area (Å²) in [6.07, 6.45) is 1.43. The molecule has 2 rings (SSSR count). The first-order valence-electron chi connectivity index (χ1n) is 5.84. The van der Waals surface area contributed by atoms with Gasteiger partial charge < -0.3 is 10.3 Å². The van der Waals surface area contributed by atoms with Gasteiger partial charge in [0.1, 0.15) is 5.82 Å². The fourth-order valence-electron chi connectivity index (χ4n) is 1.46. The van der Waals surface area contributed by atoms with Crippen LogP contribution in [0.25, 0.3) is 0 Å². The van der Waals surface area contributed by atoms with Crippen LogP contribution in [0.3, 0.4) is 0 Å². The Labute approximate surface area is 110 Å². The molecule has 0 aliphatic carbocycles. The number of nitrogens with two attached hydrogens (primary N) is 1. The van der Waals surface area contributed by atoms with E-state index in [2.05, 4.69) is 20.4 Å². The molecule has 0 radical (unpaired) electrons. The van der Waals surface area contributed by atoms with E-state index in [0.717, 1.165) is 0 Å². The number of hydrogen-bond donors (Lipinski definition) is 2. The number of carbonyl (C=O) groups excluding carboxylic acids is 1. The Morgan fingerprint density at radius 1 is 1.47 bits per heavy atom. The minimum Gasteiger partial charge on any atom is -0.396 e. The van der Waals surface area contributed by atoms with Crippen molar-refractivity contribution in [1.82, 2.24) is 15.1 Å². The molecule has 100 valence electrons. The van der Waals surface area contributed by atoms with Crippen molar-refractivity contribution in [2.45, 2.75) is 26.7 Å². The summed E-state index contributed by atoms with van der Waals surface area (Å²) in [6, 6.07) is 1.61. The number of nitrogen functional groups attached to an aromatic ring is 1. The first-order chi connectivity index (χ1) is 8.97. The van der Waals surface area contributed by atoms with E-state index < -0.39 is 5.91 Å². The van der Waals surface area contributed by atoms with Crippen molar-refractivity contribution >= 4 is 17.5 Å². The normalized spacial score (nSPS) is 10.7. The fraction of sp³-hybridized carbons (Fsp3) is 0.333. The largest absolute Gasteiger partial charge is 0.396 e. The van der Waals surface area contributed by atoms with E-state index in [1.165, 1.54) is 6.20 Å². The lowest BCUT2D eigenvalue weighted by molar-refractivity contribution is 0.101. The molecule has 0 saturated carbocycles. The summed E-state index contributed by atoms with van der Waals surface area (Å²) in [5.74, 6) is 0.484. The number of rotatable bonds is 3. The molecule has 7 heteroatoms. The Balaban J connectivity index is 2.25. The lowest BCUT2D eigenvalue weighted by atomic mass is 10.2. The highest BCUT2D eigenvalue weighted by molar-refractivity contribution is 6.05. The molecule has 19 heavy (non-hydrogen) atoms. The predicted molar refractivity (Wildman–Crippen MR) is 69.7 cm³/mol. The molecule has 0 atom stereocenters. The molecule has 0 fully saturated rings. The maximum Gasteiger partial charge on any atom is 0.278 e. The molecule has 0 aliphatic rings. The number of aryl methyl sites for hydroxylation is 1. The van der Waals surface area contributed by atoms with E-state index in [1.54, 1.807) is 13.0 Å². The van der Waals surface area contributed by atoms with E-state index in [9.17, 15) is 4.79 Å². The van der Waals surface area contributed by atoms with Crippen molar-refractivity contribution in [2.24, 2.45) is 0 Å². The highest BCUT2D eigenvalue weighted by atomic mass is 16.5. The average molecular weight is 261 g/mol. The van der Waals surface area contributed by atoms with Gasteiger partial charge in [-0.05, 0) is 6.92 Å². The van der Waals surface area contributed by atoms with Gasteiger partial charge in [0.05, 0.1) is 17.6 Å². The zero-order valence-corrected chi connectivity index (χ0v) is 11.0. The summed E-state index contributed by atoms with van der Waals surface area (Å²) in [5.41, 5.74) is 6.74. The summed E-state index contributed by atoms with van der Waals surface area (Å²) in [4.78, 5) is 20.3. The highest BCUT2D eigenvalue weighted by Crippen LogP contribution is 2.16. The molecule has 2 aromatic heterocycles. The summed E-state index contributed by atoms with van der Waals surface area (Å²) >= 11 is 0. The van der Waals surface area contributed by atoms with Crippen molar-refractivity contribution in [2.75, 3.05) is 11.1 Å². The van der Waals surface area contributed by atoms with Crippen LogP contribution in [0.2, 0.25) is 0 Å². The molecule has 0 unspecified atom stereocenters. The molecule has 1 amide bonds. The molecule has 0 bridgehead atoms. The Morgan fingerprint density at radius 2 is 2.21 bits per heavy atom. The topological polar surface area (TPSA) is 107 Å². The van der Waals surface area contributed by atoms with Crippen molar-refractivity contribution < 1.29 is 9.32 Å². The van der Waals surface area contributed by atoms with Crippen LogP contribution in [0, 0.1) is 6.92 Å². The van der Waals surface area contributed by atoms with Gasteiger partial charge in [-0.15, -0.1) is 0 Å². The average Bonchev–Trinajstić information content (AvgIpc) is 2.74. The molecule has 0 spiro atoms. The second-order valence-corrected chi connectivity index (χ2v) is 4.47. The Bertz CT molecular complexity index is 606. The smallest absolute Gasteiger partial charge is 0.278 e. The predicted octanol–water partition coefficient (Wildman–Crippen LogP) is 1.73. The minimum atomic E-state index is -0.446. The van der Waals surface area contributed by atoms with Gasteiger partial charge >= 0.3 is 0 Å². The van der Waals surface area contributed by atoms with Gasteiger partial charge in [0.15, 0.2) is 5.69 Å². The molecular weight excluding hydrogens is 246 g/mol. The Kier molecular flexibility index (Phi) is 3.46. The van der Waals surface area contributed by atoms with Crippen LogP contribution in [0.1, 0.15) is 41.8 Å². The third-order valence-corrected chi connectivity index (χ3v) is 2.43. The molecular formula is C12H15N5O2. The minimum absolute atomic E-state index is 0.111. The number of amides is 1. The van der Waals surface area contributed by atoms with Crippen LogP contribution < -0.4 is 11.1 Å². The number of nitrogens with zero attached hydrogens (tertiary/aromatic N) is 3. The molecule has 3 N–H and O–H groups in total. The Hall–Kier alpha value is -2.44. The number of nitrogens with one attached hydrogen (secondary N) is 1. The number of carbonyl (C=O) groups is 1. The zero-order chi connectivity index (χ0) is 14.0. The van der Waals surface area contributed by atoms with Crippen LogP contribution >= 0.6 is 0 Å². The fourth-order valence-corrected chi connectivity index (χ4v) is 1.46.